The second kappa shape index (κ2) is 8.64. The molecule has 1 aromatic rings. The predicted molar refractivity (Wildman–Crippen MR) is 104 cm³/mol. The summed E-state index contributed by atoms with van der Waals surface area (Å²) in [6.45, 7) is 8.81. The van der Waals surface area contributed by atoms with Gasteiger partial charge in [0.15, 0.2) is 5.78 Å². The molecule has 0 N–H and O–H groups in total. The Morgan fingerprint density at radius 2 is 1.72 bits per heavy atom. The lowest BCUT2D eigenvalue weighted by molar-refractivity contribution is -0.120. The van der Waals surface area contributed by atoms with Gasteiger partial charge in [-0.1, -0.05) is 59.3 Å². The van der Waals surface area contributed by atoms with Crippen molar-refractivity contribution in [3.05, 3.63) is 29.3 Å². The van der Waals surface area contributed by atoms with Crippen molar-refractivity contribution in [1.82, 2.24) is 0 Å². The normalized spacial score (nSPS) is 16.0. The van der Waals surface area contributed by atoms with Crippen LogP contribution in [0.15, 0.2) is 18.2 Å². The van der Waals surface area contributed by atoms with Gasteiger partial charge >= 0.3 is 0 Å². The molecule has 0 radical (unpaired) electrons. The van der Waals surface area contributed by atoms with Crippen molar-refractivity contribution in [2.45, 2.75) is 84.5 Å². The van der Waals surface area contributed by atoms with Crippen LogP contribution in [-0.2, 0) is 10.2 Å². The highest BCUT2D eigenvalue weighted by Crippen LogP contribution is 2.40. The van der Waals surface area contributed by atoms with Gasteiger partial charge < -0.3 is 4.90 Å². The summed E-state index contributed by atoms with van der Waals surface area (Å²) in [6.07, 6.45) is 9.21. The highest BCUT2D eigenvalue weighted by Gasteiger charge is 2.36. The van der Waals surface area contributed by atoms with Crippen LogP contribution in [0.25, 0.3) is 0 Å². The van der Waals surface area contributed by atoms with E-state index in [9.17, 15) is 9.59 Å². The number of hydrogen-bond acceptors (Lipinski definition) is 2. The third-order valence-corrected chi connectivity index (χ3v) is 5.30. The fraction of sp³-hybridized carbons (Fsp3) is 0.636. The molecule has 3 heteroatoms. The first-order chi connectivity index (χ1) is 11.9. The molecule has 0 spiro atoms. The van der Waals surface area contributed by atoms with E-state index in [1.807, 2.05) is 23.1 Å². The van der Waals surface area contributed by atoms with Crippen molar-refractivity contribution < 1.29 is 9.59 Å². The molecule has 1 heterocycles. The molecule has 0 saturated carbocycles. The number of fused-ring (bicyclic) bond motifs is 1. The Labute approximate surface area is 152 Å². The molecule has 0 saturated heterocycles. The van der Waals surface area contributed by atoms with Gasteiger partial charge in [-0.3, -0.25) is 9.59 Å². The number of carbonyl (C=O) groups is 2. The molecule has 0 aliphatic carbocycles. The van der Waals surface area contributed by atoms with E-state index in [4.69, 9.17) is 0 Å². The third-order valence-electron chi connectivity index (χ3n) is 5.30. The molecule has 1 amide bonds. The largest absolute Gasteiger partial charge is 0.312 e. The standard InChI is InChI=1S/C22H33NO2/c1-5-6-7-8-9-10-11-14-23-20-13-12-18(17(2)24)15-19(20)22(3,4)16-21(23)25/h12-13,15H,5-11,14,16H2,1-4H3. The van der Waals surface area contributed by atoms with E-state index in [2.05, 4.69) is 20.8 Å². The number of carbonyl (C=O) groups excluding carboxylic acids is 2. The number of nitrogens with zero attached hydrogens (tertiary/aromatic N) is 1. The van der Waals surface area contributed by atoms with Gasteiger partial charge in [0, 0.05) is 29.6 Å². The first-order valence-electron chi connectivity index (χ1n) is 9.82. The number of Topliss-reactive ketones (excluding diaryl/α,β-unsaturated/α-hetero) is 1. The highest BCUT2D eigenvalue weighted by atomic mass is 16.2. The van der Waals surface area contributed by atoms with Gasteiger partial charge in [-0.25, -0.2) is 0 Å². The number of amides is 1. The lowest BCUT2D eigenvalue weighted by Gasteiger charge is -2.39. The maximum atomic E-state index is 12.7. The molecule has 25 heavy (non-hydrogen) atoms. The minimum atomic E-state index is -0.214. The fourth-order valence-electron chi connectivity index (χ4n) is 3.71. The summed E-state index contributed by atoms with van der Waals surface area (Å²) in [4.78, 5) is 26.3. The second-order valence-electron chi connectivity index (χ2n) is 8.02. The maximum absolute atomic E-state index is 12.7. The summed E-state index contributed by atoms with van der Waals surface area (Å²) in [5.41, 5.74) is 2.64. The molecule has 0 atom stereocenters. The van der Waals surface area contributed by atoms with E-state index in [-0.39, 0.29) is 17.1 Å². The van der Waals surface area contributed by atoms with Crippen LogP contribution in [0.5, 0.6) is 0 Å². The van der Waals surface area contributed by atoms with E-state index in [0.29, 0.717) is 6.42 Å². The Morgan fingerprint density at radius 3 is 2.36 bits per heavy atom. The van der Waals surface area contributed by atoms with Crippen LogP contribution >= 0.6 is 0 Å². The van der Waals surface area contributed by atoms with Gasteiger partial charge in [0.05, 0.1) is 0 Å². The van der Waals surface area contributed by atoms with Gasteiger partial charge in [-0.2, -0.15) is 0 Å². The van der Waals surface area contributed by atoms with Crippen LogP contribution in [0.3, 0.4) is 0 Å². The van der Waals surface area contributed by atoms with Crippen molar-refractivity contribution in [3.8, 4) is 0 Å². The van der Waals surface area contributed by atoms with Gasteiger partial charge in [0.25, 0.3) is 0 Å². The summed E-state index contributed by atoms with van der Waals surface area (Å²) in [5.74, 6) is 0.285. The Morgan fingerprint density at radius 1 is 1.08 bits per heavy atom. The zero-order chi connectivity index (χ0) is 18.4. The average molecular weight is 344 g/mol. The number of unbranched alkanes of at least 4 members (excludes halogenated alkanes) is 6. The molecule has 1 aliphatic heterocycles. The van der Waals surface area contributed by atoms with E-state index < -0.39 is 0 Å². The molecule has 0 aromatic heterocycles. The van der Waals surface area contributed by atoms with Crippen molar-refractivity contribution >= 4 is 17.4 Å². The van der Waals surface area contributed by atoms with Crippen molar-refractivity contribution in [1.29, 1.82) is 0 Å². The zero-order valence-electron chi connectivity index (χ0n) is 16.4. The van der Waals surface area contributed by atoms with Crippen LogP contribution in [0, 0.1) is 0 Å². The molecule has 0 bridgehead atoms. The fourth-order valence-corrected chi connectivity index (χ4v) is 3.71. The molecular formula is C22H33NO2. The Balaban J connectivity index is 2.05. The Bertz CT molecular complexity index is 618. The van der Waals surface area contributed by atoms with Gasteiger partial charge in [0.1, 0.15) is 0 Å². The quantitative estimate of drug-likeness (QED) is 0.429. The molecular weight excluding hydrogens is 310 g/mol. The molecule has 0 fully saturated rings. The molecule has 2 rings (SSSR count). The van der Waals surface area contributed by atoms with Crippen molar-refractivity contribution in [2.75, 3.05) is 11.4 Å². The SMILES string of the molecule is CCCCCCCCCN1C(=O)CC(C)(C)c2cc(C(C)=O)ccc21. The summed E-state index contributed by atoms with van der Waals surface area (Å²) in [5, 5.41) is 0. The minimum absolute atomic E-state index is 0.0779. The number of ketones is 1. The molecule has 0 unspecified atom stereocenters. The number of hydrogen-bond donors (Lipinski definition) is 0. The number of benzene rings is 1. The third kappa shape index (κ3) is 4.93. The van der Waals surface area contributed by atoms with E-state index in [0.717, 1.165) is 29.8 Å². The van der Waals surface area contributed by atoms with Crippen LogP contribution < -0.4 is 4.90 Å². The summed E-state index contributed by atoms with van der Waals surface area (Å²) >= 11 is 0. The van der Waals surface area contributed by atoms with Crippen LogP contribution in [0.2, 0.25) is 0 Å². The second-order valence-corrected chi connectivity index (χ2v) is 8.02. The van der Waals surface area contributed by atoms with Crippen molar-refractivity contribution in [2.24, 2.45) is 0 Å². The monoisotopic (exact) mass is 343 g/mol. The van der Waals surface area contributed by atoms with Crippen LogP contribution in [-0.4, -0.2) is 18.2 Å². The molecule has 1 aromatic carbocycles. The zero-order valence-corrected chi connectivity index (χ0v) is 16.4. The van der Waals surface area contributed by atoms with Gasteiger partial charge in [-0.05, 0) is 37.1 Å². The van der Waals surface area contributed by atoms with Crippen LogP contribution in [0.4, 0.5) is 5.69 Å². The van der Waals surface area contributed by atoms with Crippen molar-refractivity contribution in [3.63, 3.8) is 0 Å². The lowest BCUT2D eigenvalue weighted by atomic mass is 9.76. The molecule has 1 aliphatic rings. The number of anilines is 1. The summed E-state index contributed by atoms with van der Waals surface area (Å²) in [6, 6.07) is 5.81. The first-order valence-corrected chi connectivity index (χ1v) is 9.82. The van der Waals surface area contributed by atoms with E-state index >= 15 is 0 Å². The lowest BCUT2D eigenvalue weighted by Crippen LogP contribution is -2.42. The Kier molecular flexibility index (Phi) is 6.80. The predicted octanol–water partition coefficient (Wildman–Crippen LogP) is 5.65. The highest BCUT2D eigenvalue weighted by molar-refractivity contribution is 6.00. The maximum Gasteiger partial charge on any atom is 0.227 e. The topological polar surface area (TPSA) is 37.4 Å². The molecule has 3 nitrogen and oxygen atoms in total. The van der Waals surface area contributed by atoms with E-state index in [1.54, 1.807) is 6.92 Å². The van der Waals surface area contributed by atoms with Gasteiger partial charge in [-0.15, -0.1) is 0 Å². The van der Waals surface area contributed by atoms with E-state index in [1.165, 1.54) is 38.5 Å². The average Bonchev–Trinajstić information content (AvgIpc) is 2.55. The Hall–Kier alpha value is -1.64. The molecule has 138 valence electrons. The summed E-state index contributed by atoms with van der Waals surface area (Å²) < 4.78 is 0. The minimum Gasteiger partial charge on any atom is -0.312 e. The number of rotatable bonds is 9. The summed E-state index contributed by atoms with van der Waals surface area (Å²) in [7, 11) is 0. The van der Waals surface area contributed by atoms with Gasteiger partial charge in [0.2, 0.25) is 5.91 Å². The first kappa shape index (κ1) is 19.7. The smallest absolute Gasteiger partial charge is 0.227 e. The van der Waals surface area contributed by atoms with Crippen LogP contribution in [0.1, 0.15) is 95.0 Å².